The average Bonchev–Trinajstić information content (AvgIpc) is 1.57. The van der Waals surface area contributed by atoms with Gasteiger partial charge in [0.2, 0.25) is 0 Å². The van der Waals surface area contributed by atoms with Crippen molar-refractivity contribution in [3.63, 3.8) is 0 Å². The Morgan fingerprint density at radius 3 is 1.39 bits per heavy atom. The molecule has 15 heterocycles. The van der Waals surface area contributed by atoms with Gasteiger partial charge in [-0.1, -0.05) is 81.6 Å². The Hall–Kier alpha value is -11.8. The summed E-state index contributed by atoms with van der Waals surface area (Å²) in [4.78, 5) is 43.8. The first kappa shape index (κ1) is 85.6. The van der Waals surface area contributed by atoms with E-state index in [-0.39, 0.29) is 36.9 Å². The first-order valence-corrected chi connectivity index (χ1v) is 38.8. The number of hydrogen-bond donors (Lipinski definition) is 6. The zero-order valence-corrected chi connectivity index (χ0v) is 66.7. The van der Waals surface area contributed by atoms with Crippen LogP contribution in [0.4, 0.5) is 29.5 Å². The normalized spacial score (nSPS) is 15.9. The van der Waals surface area contributed by atoms with E-state index in [0.717, 1.165) is 165 Å². The zero-order chi connectivity index (χ0) is 82.8. The number of aliphatic hydroxyl groups is 2. The fourth-order valence-electron chi connectivity index (χ4n) is 12.5. The van der Waals surface area contributed by atoms with Gasteiger partial charge >= 0.3 is 0 Å². The van der Waals surface area contributed by atoms with Crippen molar-refractivity contribution >= 4 is 145 Å². The number of para-hydroxylation sites is 4. The quantitative estimate of drug-likeness (QED) is 0.0444. The number of carbonyl (C=O) groups is 2. The molecule has 3 atom stereocenters. The third-order valence-electron chi connectivity index (χ3n) is 18.8. The number of hydrogen-bond acceptors (Lipinski definition) is 32. The lowest BCUT2D eigenvalue weighted by atomic mass is 9.96. The third-order valence-corrected chi connectivity index (χ3v) is 19.3. The van der Waals surface area contributed by atoms with E-state index in [9.17, 15) is 0 Å². The molecule has 5 aliphatic heterocycles. The van der Waals surface area contributed by atoms with Crippen molar-refractivity contribution in [2.24, 2.45) is 0 Å². The van der Waals surface area contributed by atoms with E-state index in [4.69, 9.17) is 106 Å². The number of nitrogens with two attached hydrogens (primary N) is 3. The Kier molecular flexibility index (Phi) is 30.7. The largest absolute Gasteiger partial charge is 0.424 e. The van der Waals surface area contributed by atoms with Crippen LogP contribution in [0.3, 0.4) is 0 Å². The highest BCUT2D eigenvalue weighted by Gasteiger charge is 2.40. The highest BCUT2D eigenvalue weighted by atomic mass is 35.5. The van der Waals surface area contributed by atoms with E-state index in [1.54, 1.807) is 61.7 Å². The van der Waals surface area contributed by atoms with E-state index in [2.05, 4.69) is 112 Å². The topological polar surface area (TPSA) is 453 Å². The van der Waals surface area contributed by atoms with Crippen LogP contribution in [-0.4, -0.2) is 265 Å². The second-order valence-corrected chi connectivity index (χ2v) is 28.2. The monoisotopic (exact) mass is 1650 g/mol. The van der Waals surface area contributed by atoms with E-state index >= 15 is 0 Å². The number of fused-ring (bicyclic) bond motifs is 7. The van der Waals surface area contributed by atoms with Crippen LogP contribution >= 0.6 is 23.2 Å². The standard InChI is InChI=1S/C22H26N8O2.C17H16N6O2.C10H11ClN4O.C7H5BN2O.C6H5N3.C5H12O2.C5H10O.C4H4ClN3.C2H2O2/c1-3-7-19-17(5-1)23-25-29(19)21(27-9-13-31-14-10-27)22(28-11-15-32-16-12-28)30-20-8-4-2-6-18(20)24-26-30;18-17-20-13-9-11(1-3-14(13)25-17)12-2-4-15-19-10-16(23(15)21-12)22-5-7-24-8-6-22;11-8-1-2-9-12-7-10(15(9)13-8)14-3-5-16-6-4-14;8-4-1-2-6-5(3-4)10-7(9)11-6;1-2-4-6-5(3-1)7-9-8-6;1-4(6)5(2,3)7;1-2-4-6-5-3-1;5-3-1-2-4(6)8-7-3;3-1-2-4/h1-8,21-22H,9-16H2;1-4,9-10H,5-8H2,(H2,18,20);1-2,7H,3-6H2;1-3H,(H2,9,10);1-4H,(H,7,8,9);4,6-7H,1-3H3;1-5H2;1-2H,(H2,6,8);1-2H. The molecule has 10 aromatic heterocycles. The predicted octanol–water partition coefficient (Wildman–Crippen LogP) is 7.30. The minimum Gasteiger partial charge on any atom is -0.424 e. The van der Waals surface area contributed by atoms with Crippen molar-refractivity contribution in [1.82, 2.24) is 105 Å². The molecule has 37 nitrogen and oxygen atoms in total. The van der Waals surface area contributed by atoms with Gasteiger partial charge in [-0.05, 0) is 143 Å². The SMILES string of the molecule is C1CCOCC1.CC(O)C(C)(C)O.Clc1ccc2ncc(N3CCOCC3)n2n1.Nc1ccc(Cl)nn1.Nc1nc2cc(-c3ccc4ncc(N5CCOCC5)n4n3)ccc2o1.O=CC=O.[B]c1ccc2oc(N)nc2c1.c1ccc2c(c1)nnn2C(C(N1CCOCC1)n1nnc2ccccc21)N1CCOCC1.c1ccc2n[nH]nc2c1. The molecule has 118 heavy (non-hydrogen) atoms. The van der Waals surface area contributed by atoms with Crippen molar-refractivity contribution in [1.29, 1.82) is 0 Å². The summed E-state index contributed by atoms with van der Waals surface area (Å²) in [5, 5.41) is 62.8. The van der Waals surface area contributed by atoms with Crippen LogP contribution in [0, 0.1) is 0 Å². The minimum absolute atomic E-state index is 0.130. The number of halogens is 2. The number of anilines is 5. The molecule has 616 valence electrons. The van der Waals surface area contributed by atoms with Crippen LogP contribution < -0.4 is 32.5 Å². The maximum Gasteiger partial charge on any atom is 0.292 e. The highest BCUT2D eigenvalue weighted by Crippen LogP contribution is 2.36. The molecule has 2 radical (unpaired) electrons. The molecule has 0 bridgehead atoms. The number of nitrogen functional groups attached to an aromatic ring is 3. The van der Waals surface area contributed by atoms with Crippen LogP contribution in [0.2, 0.25) is 10.3 Å². The molecule has 9 N–H and O–H groups in total. The number of rotatable bonds is 10. The summed E-state index contributed by atoms with van der Waals surface area (Å²) in [6.07, 6.45) is 7.10. The average molecular weight is 1650 g/mol. The van der Waals surface area contributed by atoms with Gasteiger partial charge in [0, 0.05) is 71.1 Å². The predicted molar refractivity (Wildman–Crippen MR) is 446 cm³/mol. The van der Waals surface area contributed by atoms with Crippen molar-refractivity contribution in [2.75, 3.05) is 145 Å². The van der Waals surface area contributed by atoms with Crippen molar-refractivity contribution in [3.05, 3.63) is 168 Å². The number of oxazole rings is 2. The number of aldehydes is 2. The number of aliphatic hydroxyl groups excluding tert-OH is 1. The smallest absolute Gasteiger partial charge is 0.292 e. The number of morpholine rings is 4. The number of nitrogens with zero attached hydrogens (tertiary/aromatic N) is 22. The molecule has 5 fully saturated rings. The first-order chi connectivity index (χ1) is 57.4. The Bertz CT molecular complexity index is 5450. The van der Waals surface area contributed by atoms with Crippen molar-refractivity contribution < 1.29 is 52.3 Å². The molecule has 40 heteroatoms. The number of imidazole rings is 2. The number of benzene rings is 5. The Morgan fingerprint density at radius 1 is 0.500 bits per heavy atom. The van der Waals surface area contributed by atoms with Gasteiger partial charge in [0.25, 0.3) is 12.0 Å². The molecule has 5 aliphatic rings. The molecular formula is C78H91BCl2N26O11. The van der Waals surface area contributed by atoms with Gasteiger partial charge in [-0.25, -0.2) is 19.3 Å². The first-order valence-electron chi connectivity index (χ1n) is 38.1. The van der Waals surface area contributed by atoms with Crippen LogP contribution in [0.15, 0.2) is 167 Å². The number of aromatic amines is 1. The second kappa shape index (κ2) is 42.4. The van der Waals surface area contributed by atoms with E-state index in [0.29, 0.717) is 64.7 Å². The number of aromatic nitrogens is 19. The lowest BCUT2D eigenvalue weighted by Crippen LogP contribution is -2.52. The van der Waals surface area contributed by atoms with Gasteiger partial charge < -0.3 is 69.7 Å². The molecular weight excluding hydrogens is 1560 g/mol. The van der Waals surface area contributed by atoms with Crippen molar-refractivity contribution in [3.8, 4) is 11.3 Å². The van der Waals surface area contributed by atoms with Crippen LogP contribution in [-0.2, 0) is 33.3 Å². The molecule has 20 rings (SSSR count). The number of nitrogens with one attached hydrogen (secondary N) is 1. The summed E-state index contributed by atoms with van der Waals surface area (Å²) < 4.78 is 45.3. The maximum absolute atomic E-state index is 8.84. The lowest BCUT2D eigenvalue weighted by Gasteiger charge is -2.44. The lowest BCUT2D eigenvalue weighted by molar-refractivity contribution is -0.122. The second-order valence-electron chi connectivity index (χ2n) is 27.4. The number of ether oxygens (including phenoxy) is 5. The highest BCUT2D eigenvalue weighted by molar-refractivity contribution is 6.33. The van der Waals surface area contributed by atoms with Gasteiger partial charge in [-0.3, -0.25) is 19.4 Å². The molecule has 3 unspecified atom stereocenters. The van der Waals surface area contributed by atoms with E-state index in [1.165, 1.54) is 19.3 Å². The fourth-order valence-corrected chi connectivity index (χ4v) is 12.8. The Balaban J connectivity index is 0.000000132. The van der Waals surface area contributed by atoms with Gasteiger partial charge in [-0.15, -0.1) is 20.4 Å². The summed E-state index contributed by atoms with van der Waals surface area (Å²) in [6.45, 7) is 19.0. The van der Waals surface area contributed by atoms with Gasteiger partial charge in [0.15, 0.2) is 51.8 Å². The van der Waals surface area contributed by atoms with Crippen LogP contribution in [0.25, 0.3) is 77.9 Å². The van der Waals surface area contributed by atoms with Gasteiger partial charge in [0.1, 0.15) is 64.2 Å². The minimum atomic E-state index is -0.944. The maximum atomic E-state index is 8.84. The summed E-state index contributed by atoms with van der Waals surface area (Å²) in [7, 11) is 5.51. The van der Waals surface area contributed by atoms with Gasteiger partial charge in [-0.2, -0.15) is 44.6 Å². The Morgan fingerprint density at radius 2 is 0.941 bits per heavy atom. The molecule has 15 aromatic rings. The molecule has 0 amide bonds. The number of carbonyl (C=O) groups excluding carboxylic acids is 2. The van der Waals surface area contributed by atoms with Crippen molar-refractivity contribution in [2.45, 2.75) is 64.1 Å². The molecule has 0 spiro atoms. The van der Waals surface area contributed by atoms with Gasteiger partial charge in [0.05, 0.1) is 93.7 Å². The third kappa shape index (κ3) is 23.3. The summed E-state index contributed by atoms with van der Waals surface area (Å²) in [5.74, 6) is 2.34. The summed E-state index contributed by atoms with van der Waals surface area (Å²) in [6, 6.07) is 45.9. The summed E-state index contributed by atoms with van der Waals surface area (Å²) in [5.41, 5.74) is 27.6. The number of H-pyrrole nitrogens is 1. The molecule has 5 aromatic carbocycles. The zero-order valence-electron chi connectivity index (χ0n) is 65.2. The molecule has 0 aliphatic carbocycles. The van der Waals surface area contributed by atoms with Crippen LogP contribution in [0.1, 0.15) is 52.4 Å². The fraction of sp³-hybridized carbons (Fsp3) is 0.359. The Labute approximate surface area is 687 Å². The van der Waals surface area contributed by atoms with E-state index in [1.807, 2.05) is 114 Å². The van der Waals surface area contributed by atoms with E-state index < -0.39 is 11.7 Å². The molecule has 5 saturated heterocycles. The molecule has 0 saturated carbocycles. The summed E-state index contributed by atoms with van der Waals surface area (Å²) >= 11 is 11.3. The van der Waals surface area contributed by atoms with Crippen LogP contribution in [0.5, 0.6) is 0 Å².